The molecule has 2 unspecified atom stereocenters. The highest BCUT2D eigenvalue weighted by Gasteiger charge is 2.33. The second-order valence-corrected chi connectivity index (χ2v) is 10.2. The minimum Gasteiger partial charge on any atom is -0.508 e. The summed E-state index contributed by atoms with van der Waals surface area (Å²) < 4.78 is 12.5. The molecule has 1 aliphatic rings. The molecule has 0 aliphatic carbocycles. The van der Waals surface area contributed by atoms with Crippen molar-refractivity contribution in [3.8, 4) is 56.7 Å². The third-order valence-electron chi connectivity index (χ3n) is 7.69. The zero-order valence-corrected chi connectivity index (χ0v) is 21.8. The van der Waals surface area contributed by atoms with E-state index in [1.165, 1.54) is 0 Å². The van der Waals surface area contributed by atoms with Crippen molar-refractivity contribution < 1.29 is 24.6 Å². The van der Waals surface area contributed by atoms with E-state index in [-0.39, 0.29) is 40.2 Å². The van der Waals surface area contributed by atoms with Gasteiger partial charge in [0, 0.05) is 22.7 Å². The Bertz CT molecular complexity index is 1670. The number of nitrogens with one attached hydrogen (secondary N) is 1. The number of ether oxygens (including phenoxy) is 1. The van der Waals surface area contributed by atoms with Crippen molar-refractivity contribution in [2.45, 2.75) is 51.7 Å². The molecule has 0 amide bonds. The summed E-state index contributed by atoms with van der Waals surface area (Å²) in [4.78, 5) is 12.8. The number of hydrogen-bond donors (Lipinski definition) is 4. The fourth-order valence-corrected chi connectivity index (χ4v) is 5.53. The summed E-state index contributed by atoms with van der Waals surface area (Å²) in [6, 6.07) is 13.3. The lowest BCUT2D eigenvalue weighted by Crippen LogP contribution is -2.44. The number of phenolic OH excluding ortho intramolecular Hbond substituents is 3. The van der Waals surface area contributed by atoms with Crippen molar-refractivity contribution in [3.05, 3.63) is 64.3 Å². The fourth-order valence-electron chi connectivity index (χ4n) is 5.53. The molecule has 2 heterocycles. The molecule has 39 heavy (non-hydrogen) atoms. The number of phenols is 3. The van der Waals surface area contributed by atoms with Crippen LogP contribution in [0.3, 0.4) is 0 Å². The molecule has 5 aromatic rings. The predicted molar refractivity (Wildman–Crippen MR) is 149 cm³/mol. The summed E-state index contributed by atoms with van der Waals surface area (Å²) in [5, 5.41) is 39.4. The van der Waals surface area contributed by atoms with Crippen LogP contribution < -0.4 is 15.5 Å². The molecule has 4 N–H and O–H groups in total. The van der Waals surface area contributed by atoms with E-state index in [0.717, 1.165) is 36.9 Å². The van der Waals surface area contributed by atoms with Gasteiger partial charge < -0.3 is 29.9 Å². The van der Waals surface area contributed by atoms with Gasteiger partial charge in [0.05, 0.1) is 16.3 Å². The van der Waals surface area contributed by atoms with Crippen molar-refractivity contribution in [1.82, 2.24) is 10.5 Å². The average molecular weight is 527 g/mol. The van der Waals surface area contributed by atoms with Crippen LogP contribution in [0.25, 0.3) is 44.5 Å². The first-order chi connectivity index (χ1) is 18.9. The van der Waals surface area contributed by atoms with Crippen LogP contribution in [-0.2, 0) is 6.42 Å². The number of benzene rings is 3. The maximum atomic E-state index is 12.8. The highest BCUT2D eigenvalue weighted by atomic mass is 16.5. The van der Waals surface area contributed by atoms with Crippen molar-refractivity contribution >= 4 is 10.8 Å². The van der Waals surface area contributed by atoms with E-state index in [9.17, 15) is 20.1 Å². The maximum Gasteiger partial charge on any atom is 0.202 e. The highest BCUT2D eigenvalue weighted by Crippen LogP contribution is 2.50. The molecule has 8 nitrogen and oxygen atoms in total. The first-order valence-corrected chi connectivity index (χ1v) is 13.3. The van der Waals surface area contributed by atoms with Gasteiger partial charge in [-0.15, -0.1) is 0 Å². The summed E-state index contributed by atoms with van der Waals surface area (Å²) in [6.07, 6.45) is 3.59. The molecule has 200 valence electrons. The SMILES string of the molecule is CCc1cc(O)ccc1-c1noc(-c2ccc(O)cc2)c1-c1cc(O)c2c(=O)c2c1OC(C)C1CCCCN1. The lowest BCUT2D eigenvalue weighted by Gasteiger charge is -2.30. The minimum absolute atomic E-state index is 0.109. The van der Waals surface area contributed by atoms with E-state index in [1.807, 2.05) is 13.8 Å². The van der Waals surface area contributed by atoms with Crippen molar-refractivity contribution in [2.24, 2.45) is 0 Å². The Morgan fingerprint density at radius 2 is 1.79 bits per heavy atom. The maximum absolute atomic E-state index is 12.8. The number of nitrogens with zero attached hydrogens (tertiary/aromatic N) is 1. The summed E-state index contributed by atoms with van der Waals surface area (Å²) in [6.45, 7) is 4.89. The smallest absolute Gasteiger partial charge is 0.202 e. The lowest BCUT2D eigenvalue weighted by atomic mass is 9.92. The molecule has 6 rings (SSSR count). The second-order valence-electron chi connectivity index (χ2n) is 10.2. The van der Waals surface area contributed by atoms with Crippen LogP contribution >= 0.6 is 0 Å². The number of aryl methyl sites for hydroxylation is 1. The topological polar surface area (TPSA) is 125 Å². The number of rotatable bonds is 7. The molecule has 0 radical (unpaired) electrons. The number of piperidine rings is 1. The Labute approximate surface area is 225 Å². The van der Waals surface area contributed by atoms with E-state index in [2.05, 4.69) is 10.5 Å². The Morgan fingerprint density at radius 1 is 1.03 bits per heavy atom. The van der Waals surface area contributed by atoms with Gasteiger partial charge in [0.15, 0.2) is 5.76 Å². The minimum atomic E-state index is -0.236. The summed E-state index contributed by atoms with van der Waals surface area (Å²) >= 11 is 0. The van der Waals surface area contributed by atoms with E-state index in [4.69, 9.17) is 9.26 Å². The van der Waals surface area contributed by atoms with Crippen LogP contribution in [0.15, 0.2) is 57.8 Å². The molecule has 8 heteroatoms. The van der Waals surface area contributed by atoms with E-state index in [0.29, 0.717) is 45.7 Å². The number of hydrogen-bond acceptors (Lipinski definition) is 8. The Hall–Kier alpha value is -4.30. The van der Waals surface area contributed by atoms with Gasteiger partial charge >= 0.3 is 0 Å². The zero-order valence-electron chi connectivity index (χ0n) is 21.8. The first kappa shape index (κ1) is 25.0. The van der Waals surface area contributed by atoms with Crippen molar-refractivity contribution in [3.63, 3.8) is 0 Å². The predicted octanol–water partition coefficient (Wildman–Crippen LogP) is 5.65. The van der Waals surface area contributed by atoms with Gasteiger partial charge in [-0.25, -0.2) is 0 Å². The first-order valence-electron chi connectivity index (χ1n) is 13.3. The molecule has 0 saturated carbocycles. The lowest BCUT2D eigenvalue weighted by molar-refractivity contribution is 0.155. The van der Waals surface area contributed by atoms with Gasteiger partial charge in [-0.1, -0.05) is 18.5 Å². The molecule has 0 spiro atoms. The molecule has 2 atom stereocenters. The third kappa shape index (κ3) is 4.40. The van der Waals surface area contributed by atoms with Crippen LogP contribution in [0.4, 0.5) is 0 Å². The van der Waals surface area contributed by atoms with Crippen LogP contribution in [0.2, 0.25) is 0 Å². The summed E-state index contributed by atoms with van der Waals surface area (Å²) in [7, 11) is 0. The highest BCUT2D eigenvalue weighted by molar-refractivity contribution is 6.11. The monoisotopic (exact) mass is 526 g/mol. The number of aromatic hydroxyl groups is 3. The largest absolute Gasteiger partial charge is 0.508 e. The molecular weight excluding hydrogens is 496 g/mol. The van der Waals surface area contributed by atoms with Gasteiger partial charge in [-0.2, -0.15) is 0 Å². The zero-order chi connectivity index (χ0) is 27.3. The molecule has 4 aromatic carbocycles. The molecule has 1 saturated heterocycles. The Morgan fingerprint density at radius 3 is 2.51 bits per heavy atom. The molecule has 1 fully saturated rings. The number of fused-ring (bicyclic) bond motifs is 1. The second kappa shape index (κ2) is 9.78. The average Bonchev–Trinajstić information content (AvgIpc) is 3.44. The summed E-state index contributed by atoms with van der Waals surface area (Å²) in [5.41, 5.74) is 3.57. The van der Waals surface area contributed by atoms with Gasteiger partial charge in [0.1, 0.15) is 34.8 Å². The fraction of sp³-hybridized carbons (Fsp3) is 0.290. The van der Waals surface area contributed by atoms with E-state index in [1.54, 1.807) is 48.5 Å². The van der Waals surface area contributed by atoms with Crippen LogP contribution in [-0.4, -0.2) is 39.2 Å². The van der Waals surface area contributed by atoms with Gasteiger partial charge in [-0.3, -0.25) is 4.79 Å². The Kier molecular flexibility index (Phi) is 6.27. The standard InChI is InChI=1S/C31H30N2O6/c1-3-17-14-20(35)11-12-21(17)28-25(30(39-33-28)18-7-9-19(34)10-8-18)22-15-24(36)26-27(29(26)37)31(22)38-16(2)23-6-4-5-13-32-23/h7-12,14-16,23,32,34-36H,3-6,13H2,1-2H3. The molecule has 0 bridgehead atoms. The quantitative estimate of drug-likeness (QED) is 0.214. The van der Waals surface area contributed by atoms with Crippen LogP contribution in [0.1, 0.15) is 38.7 Å². The van der Waals surface area contributed by atoms with Crippen LogP contribution in [0.5, 0.6) is 23.0 Å². The molecule has 1 aromatic heterocycles. The van der Waals surface area contributed by atoms with Crippen molar-refractivity contribution in [1.29, 1.82) is 0 Å². The van der Waals surface area contributed by atoms with Gasteiger partial charge in [0.25, 0.3) is 0 Å². The normalized spacial score (nSPS) is 16.6. The Balaban J connectivity index is 1.58. The molecular formula is C31H30N2O6. The van der Waals surface area contributed by atoms with E-state index >= 15 is 0 Å². The van der Waals surface area contributed by atoms with E-state index < -0.39 is 0 Å². The van der Waals surface area contributed by atoms with Gasteiger partial charge in [-0.05, 0) is 86.8 Å². The van der Waals surface area contributed by atoms with Crippen molar-refractivity contribution in [2.75, 3.05) is 6.54 Å². The van der Waals surface area contributed by atoms with Crippen LogP contribution in [0, 0.1) is 0 Å². The number of aromatic nitrogens is 1. The summed E-state index contributed by atoms with van der Waals surface area (Å²) in [5.74, 6) is 0.934. The van der Waals surface area contributed by atoms with Gasteiger partial charge in [0.2, 0.25) is 5.43 Å². The third-order valence-corrected chi connectivity index (χ3v) is 7.69. The molecule has 1 aliphatic heterocycles.